The second-order valence-electron chi connectivity index (χ2n) is 4.26. The lowest BCUT2D eigenvalue weighted by Gasteiger charge is -1.88. The Morgan fingerprint density at radius 3 is 2.85 bits per heavy atom. The Balaban J connectivity index is 1.72. The van der Waals surface area contributed by atoms with E-state index in [0.29, 0.717) is 5.22 Å². The predicted molar refractivity (Wildman–Crippen MR) is 82.2 cm³/mol. The molecule has 0 saturated carbocycles. The number of oxazole rings is 1. The van der Waals surface area contributed by atoms with Crippen LogP contribution in [-0.4, -0.2) is 9.97 Å². The summed E-state index contributed by atoms with van der Waals surface area (Å²) in [5.74, 6) is 0. The minimum Gasteiger partial charge on any atom is -0.431 e. The quantitative estimate of drug-likeness (QED) is 0.563. The fraction of sp³-hybridized carbons (Fsp3) is 0. The first-order valence-corrected chi connectivity index (χ1v) is 7.61. The van der Waals surface area contributed by atoms with Crippen LogP contribution in [0.5, 0.6) is 0 Å². The molecular formula is C14H9N3OS2. The third-order valence-corrected chi connectivity index (χ3v) is 4.77. The second kappa shape index (κ2) is 4.50. The molecule has 0 aliphatic heterocycles. The average molecular weight is 299 g/mol. The molecule has 2 N–H and O–H groups in total. The fourth-order valence-electron chi connectivity index (χ4n) is 1.93. The summed E-state index contributed by atoms with van der Waals surface area (Å²) in [6.45, 7) is 0. The van der Waals surface area contributed by atoms with Crippen molar-refractivity contribution in [2.24, 2.45) is 0 Å². The fourth-order valence-corrected chi connectivity index (χ4v) is 3.90. The maximum Gasteiger partial charge on any atom is 0.263 e. The normalized spacial score (nSPS) is 11.4. The molecule has 0 bridgehead atoms. The highest BCUT2D eigenvalue weighted by Crippen LogP contribution is 2.35. The molecule has 0 aliphatic rings. The van der Waals surface area contributed by atoms with Crippen molar-refractivity contribution in [1.82, 2.24) is 9.97 Å². The molecule has 2 aromatic carbocycles. The number of aromatic nitrogens is 2. The highest BCUT2D eigenvalue weighted by Gasteiger charge is 2.11. The molecule has 4 rings (SSSR count). The first-order valence-electron chi connectivity index (χ1n) is 5.97. The molecule has 0 radical (unpaired) electrons. The number of nitrogens with zero attached hydrogens (tertiary/aromatic N) is 2. The molecule has 0 spiro atoms. The van der Waals surface area contributed by atoms with Crippen molar-refractivity contribution in [1.29, 1.82) is 0 Å². The minimum atomic E-state index is 0.609. The molecule has 4 aromatic rings. The van der Waals surface area contributed by atoms with Crippen molar-refractivity contribution in [3.05, 3.63) is 42.5 Å². The topological polar surface area (TPSA) is 64.9 Å². The van der Waals surface area contributed by atoms with Crippen LogP contribution in [-0.2, 0) is 0 Å². The molecule has 0 saturated heterocycles. The third-order valence-electron chi connectivity index (χ3n) is 2.84. The Morgan fingerprint density at radius 1 is 1.05 bits per heavy atom. The molecule has 2 heterocycles. The van der Waals surface area contributed by atoms with E-state index in [2.05, 4.69) is 9.97 Å². The lowest BCUT2D eigenvalue weighted by Crippen LogP contribution is -1.81. The number of anilines is 1. The second-order valence-corrected chi connectivity index (χ2v) is 6.49. The van der Waals surface area contributed by atoms with Crippen LogP contribution in [0.15, 0.2) is 56.4 Å². The van der Waals surface area contributed by atoms with Crippen LogP contribution in [0.1, 0.15) is 0 Å². The van der Waals surface area contributed by atoms with Crippen LogP contribution < -0.4 is 5.73 Å². The van der Waals surface area contributed by atoms with Gasteiger partial charge in [0.2, 0.25) is 0 Å². The van der Waals surface area contributed by atoms with Crippen LogP contribution >= 0.6 is 23.1 Å². The summed E-state index contributed by atoms with van der Waals surface area (Å²) in [4.78, 5) is 8.98. The molecule has 0 atom stereocenters. The van der Waals surface area contributed by atoms with E-state index in [1.165, 1.54) is 11.8 Å². The first kappa shape index (κ1) is 11.7. The van der Waals surface area contributed by atoms with Crippen molar-refractivity contribution in [3.63, 3.8) is 0 Å². The molecular weight excluding hydrogens is 290 g/mol. The zero-order valence-electron chi connectivity index (χ0n) is 10.2. The lowest BCUT2D eigenvalue weighted by molar-refractivity contribution is 0.489. The van der Waals surface area contributed by atoms with Gasteiger partial charge in [-0.15, -0.1) is 11.3 Å². The Kier molecular flexibility index (Phi) is 2.64. The van der Waals surface area contributed by atoms with Gasteiger partial charge in [-0.1, -0.05) is 12.1 Å². The number of benzene rings is 2. The van der Waals surface area contributed by atoms with Crippen LogP contribution in [0.3, 0.4) is 0 Å². The molecule has 2 aromatic heterocycles. The first-order chi connectivity index (χ1) is 9.78. The number of thiazole rings is 1. The number of fused-ring (bicyclic) bond motifs is 2. The number of rotatable bonds is 2. The molecule has 20 heavy (non-hydrogen) atoms. The molecule has 0 aliphatic carbocycles. The van der Waals surface area contributed by atoms with Crippen molar-refractivity contribution < 1.29 is 4.42 Å². The summed E-state index contributed by atoms with van der Waals surface area (Å²) >= 11 is 3.02. The average Bonchev–Trinajstić information content (AvgIpc) is 3.00. The molecule has 98 valence electrons. The van der Waals surface area contributed by atoms with E-state index in [1.54, 1.807) is 11.3 Å². The third kappa shape index (κ3) is 2.03. The lowest BCUT2D eigenvalue weighted by atomic mass is 10.3. The Bertz CT molecular complexity index is 880. The van der Waals surface area contributed by atoms with Gasteiger partial charge in [0, 0.05) is 17.4 Å². The minimum absolute atomic E-state index is 0.609. The molecule has 0 unspecified atom stereocenters. The van der Waals surface area contributed by atoms with E-state index >= 15 is 0 Å². The predicted octanol–water partition coefficient (Wildman–Crippen LogP) is 4.17. The Labute approximate surface area is 122 Å². The van der Waals surface area contributed by atoms with E-state index in [-0.39, 0.29) is 0 Å². The van der Waals surface area contributed by atoms with E-state index in [9.17, 15) is 0 Å². The molecule has 6 heteroatoms. The van der Waals surface area contributed by atoms with Crippen molar-refractivity contribution in [2.45, 2.75) is 9.56 Å². The zero-order chi connectivity index (χ0) is 13.5. The monoisotopic (exact) mass is 299 g/mol. The number of para-hydroxylation sites is 2. The summed E-state index contributed by atoms with van der Waals surface area (Å²) in [5.41, 5.74) is 9.13. The van der Waals surface area contributed by atoms with E-state index < -0.39 is 0 Å². The van der Waals surface area contributed by atoms with Gasteiger partial charge in [0.05, 0.1) is 10.2 Å². The maximum absolute atomic E-state index is 5.78. The number of nitrogen functional groups attached to an aromatic ring is 1. The van der Waals surface area contributed by atoms with Gasteiger partial charge in [-0.05, 0) is 30.3 Å². The highest BCUT2D eigenvalue weighted by molar-refractivity contribution is 8.00. The largest absolute Gasteiger partial charge is 0.431 e. The van der Waals surface area contributed by atoms with Gasteiger partial charge in [0.1, 0.15) is 5.52 Å². The van der Waals surface area contributed by atoms with Gasteiger partial charge < -0.3 is 10.2 Å². The summed E-state index contributed by atoms with van der Waals surface area (Å²) in [5, 5.41) is 0.609. The highest BCUT2D eigenvalue weighted by atomic mass is 32.2. The zero-order valence-corrected chi connectivity index (χ0v) is 11.9. The van der Waals surface area contributed by atoms with Gasteiger partial charge in [-0.2, -0.15) is 0 Å². The number of hydrogen-bond donors (Lipinski definition) is 1. The molecule has 0 fully saturated rings. The summed E-state index contributed by atoms with van der Waals surface area (Å²) in [7, 11) is 0. The van der Waals surface area contributed by atoms with Gasteiger partial charge in [0.25, 0.3) is 5.22 Å². The SMILES string of the molecule is Nc1ccc2nc(Sc3nc4ccccc4o3)sc2c1. The van der Waals surface area contributed by atoms with Crippen LogP contribution in [0.4, 0.5) is 5.69 Å². The summed E-state index contributed by atoms with van der Waals surface area (Å²) in [6.07, 6.45) is 0. The van der Waals surface area contributed by atoms with E-state index in [1.807, 2.05) is 42.5 Å². The number of nitrogens with two attached hydrogens (primary N) is 1. The van der Waals surface area contributed by atoms with E-state index in [4.69, 9.17) is 10.2 Å². The summed E-state index contributed by atoms with van der Waals surface area (Å²) < 4.78 is 7.66. The van der Waals surface area contributed by atoms with Crippen LogP contribution in [0.2, 0.25) is 0 Å². The van der Waals surface area contributed by atoms with Crippen molar-refractivity contribution in [3.8, 4) is 0 Å². The Morgan fingerprint density at radius 2 is 1.95 bits per heavy atom. The number of hydrogen-bond acceptors (Lipinski definition) is 6. The molecule has 4 nitrogen and oxygen atoms in total. The standard InChI is InChI=1S/C14H9N3OS2/c15-8-5-6-10-12(7-8)19-14(17-10)20-13-16-9-3-1-2-4-11(9)18-13/h1-7H,15H2. The van der Waals surface area contributed by atoms with Crippen LogP contribution in [0.25, 0.3) is 21.3 Å². The summed E-state index contributed by atoms with van der Waals surface area (Å²) in [6, 6.07) is 13.4. The van der Waals surface area contributed by atoms with Gasteiger partial charge >= 0.3 is 0 Å². The van der Waals surface area contributed by atoms with Crippen molar-refractivity contribution in [2.75, 3.05) is 5.73 Å². The van der Waals surface area contributed by atoms with Gasteiger partial charge in [0.15, 0.2) is 9.92 Å². The maximum atomic E-state index is 5.78. The Hall–Kier alpha value is -2.05. The smallest absolute Gasteiger partial charge is 0.263 e. The van der Waals surface area contributed by atoms with Crippen molar-refractivity contribution >= 4 is 50.1 Å². The van der Waals surface area contributed by atoms with Gasteiger partial charge in [-0.25, -0.2) is 9.97 Å². The van der Waals surface area contributed by atoms with Crippen LogP contribution in [0, 0.1) is 0 Å². The van der Waals surface area contributed by atoms with Gasteiger partial charge in [-0.3, -0.25) is 0 Å². The van der Waals surface area contributed by atoms with E-state index in [0.717, 1.165) is 31.3 Å². The molecule has 0 amide bonds.